The molecule has 9 N–H and O–H groups in total. The number of amides is 4. The summed E-state index contributed by atoms with van der Waals surface area (Å²) in [7, 11) is 0. The van der Waals surface area contributed by atoms with Crippen LogP contribution >= 0.6 is 0 Å². The van der Waals surface area contributed by atoms with E-state index in [-0.39, 0.29) is 51.2 Å². The summed E-state index contributed by atoms with van der Waals surface area (Å²) in [5.74, 6) is -4.22. The molecule has 320 valence electrons. The first kappa shape index (κ1) is 49.7. The number of aliphatic carboxylic acids is 1. The highest BCUT2D eigenvalue weighted by atomic mass is 16.6. The Labute approximate surface area is 323 Å². The van der Waals surface area contributed by atoms with E-state index in [4.69, 9.17) is 23.7 Å². The standard InChI is InChI=1S/C36H66N4O15/c1-7-13-51-15-17-53-34(49)37-12-10-9-11-24(39-35(50)54-18-16-52-14-8-2)32(46)38-20-27(44)40-29-25(42)19-36(33(47)48,28(22(3)4)23(5)6)55-31(29)30(45)26(43)21-41/h22-26,28-31,41-43,45H,7-21H2,1-6H3,(H,37,49)(H,38,46)(H,39,50)(H,40,44)(H,47,48). The van der Waals surface area contributed by atoms with Gasteiger partial charge in [0.2, 0.25) is 11.8 Å². The van der Waals surface area contributed by atoms with Gasteiger partial charge in [-0.15, -0.1) is 0 Å². The first-order valence-corrected chi connectivity index (χ1v) is 19.2. The van der Waals surface area contributed by atoms with Crippen LogP contribution in [0.25, 0.3) is 0 Å². The van der Waals surface area contributed by atoms with Gasteiger partial charge in [0, 0.05) is 32.1 Å². The molecule has 1 rings (SSSR count). The van der Waals surface area contributed by atoms with Crippen LogP contribution in [0.15, 0.2) is 0 Å². The van der Waals surface area contributed by atoms with E-state index in [2.05, 4.69) is 21.3 Å². The van der Waals surface area contributed by atoms with Crippen molar-refractivity contribution < 1.29 is 73.2 Å². The Balaban J connectivity index is 3.00. The van der Waals surface area contributed by atoms with Gasteiger partial charge in [-0.25, -0.2) is 14.4 Å². The Morgan fingerprint density at radius 3 is 1.95 bits per heavy atom. The average molecular weight is 795 g/mol. The summed E-state index contributed by atoms with van der Waals surface area (Å²) in [5.41, 5.74) is -2.02. The monoisotopic (exact) mass is 794 g/mol. The van der Waals surface area contributed by atoms with E-state index in [1.165, 1.54) is 0 Å². The van der Waals surface area contributed by atoms with Gasteiger partial charge in [-0.2, -0.15) is 0 Å². The number of nitrogens with one attached hydrogen (secondary N) is 4. The van der Waals surface area contributed by atoms with Crippen molar-refractivity contribution in [2.75, 3.05) is 59.3 Å². The van der Waals surface area contributed by atoms with Crippen LogP contribution in [-0.4, -0.2) is 157 Å². The summed E-state index contributed by atoms with van der Waals surface area (Å²) >= 11 is 0. The summed E-state index contributed by atoms with van der Waals surface area (Å²) < 4.78 is 26.7. The first-order chi connectivity index (χ1) is 26.1. The maximum atomic E-state index is 13.3. The lowest BCUT2D eigenvalue weighted by Crippen LogP contribution is -2.70. The van der Waals surface area contributed by atoms with E-state index < -0.39 is 97.6 Å². The summed E-state index contributed by atoms with van der Waals surface area (Å²) in [6, 6.07) is -2.63. The fourth-order valence-electron chi connectivity index (χ4n) is 6.72. The van der Waals surface area contributed by atoms with Crippen molar-refractivity contribution in [3.05, 3.63) is 0 Å². The van der Waals surface area contributed by atoms with Gasteiger partial charge < -0.3 is 70.5 Å². The number of alkyl carbamates (subject to hydrolysis) is 2. The number of unbranched alkanes of at least 4 members (excludes halogenated alkanes) is 1. The van der Waals surface area contributed by atoms with Crippen LogP contribution in [0.3, 0.4) is 0 Å². The Kier molecular flexibility index (Phi) is 24.0. The van der Waals surface area contributed by atoms with Gasteiger partial charge in [0.1, 0.15) is 37.6 Å². The highest BCUT2D eigenvalue weighted by Crippen LogP contribution is 2.43. The normalized spacial score (nSPS) is 21.4. The largest absolute Gasteiger partial charge is 0.479 e. The minimum atomic E-state index is -2.02. The van der Waals surface area contributed by atoms with E-state index in [1.807, 2.05) is 13.8 Å². The van der Waals surface area contributed by atoms with Crippen LogP contribution in [0.2, 0.25) is 0 Å². The molecule has 1 fully saturated rings. The molecule has 4 amide bonds. The van der Waals surface area contributed by atoms with Crippen molar-refractivity contribution in [1.82, 2.24) is 21.3 Å². The molecule has 0 aromatic heterocycles. The molecule has 7 atom stereocenters. The topological polar surface area (TPSA) is 281 Å². The third-order valence-electron chi connectivity index (χ3n) is 9.05. The molecule has 1 saturated heterocycles. The van der Waals surface area contributed by atoms with E-state index in [0.29, 0.717) is 26.1 Å². The van der Waals surface area contributed by atoms with E-state index in [9.17, 15) is 49.5 Å². The number of ether oxygens (including phenoxy) is 5. The zero-order valence-corrected chi connectivity index (χ0v) is 33.1. The average Bonchev–Trinajstić information content (AvgIpc) is 3.12. The third kappa shape index (κ3) is 17.1. The van der Waals surface area contributed by atoms with Crippen LogP contribution in [-0.2, 0) is 38.1 Å². The minimum absolute atomic E-state index is 0.0693. The van der Waals surface area contributed by atoms with Gasteiger partial charge >= 0.3 is 18.2 Å². The molecular weight excluding hydrogens is 728 g/mol. The number of aliphatic hydroxyl groups excluding tert-OH is 4. The Hall–Kier alpha value is -3.33. The zero-order valence-electron chi connectivity index (χ0n) is 33.1. The number of rotatable bonds is 27. The smallest absolute Gasteiger partial charge is 0.407 e. The molecule has 7 unspecified atom stereocenters. The number of aliphatic hydroxyl groups is 4. The first-order valence-electron chi connectivity index (χ1n) is 19.2. The van der Waals surface area contributed by atoms with Crippen LogP contribution in [0, 0.1) is 17.8 Å². The summed E-state index contributed by atoms with van der Waals surface area (Å²) in [5, 5.41) is 62.5. The Morgan fingerprint density at radius 2 is 1.42 bits per heavy atom. The van der Waals surface area contributed by atoms with Gasteiger partial charge in [-0.3, -0.25) is 9.59 Å². The van der Waals surface area contributed by atoms with Crippen molar-refractivity contribution in [3.63, 3.8) is 0 Å². The van der Waals surface area contributed by atoms with Gasteiger partial charge in [0.05, 0.1) is 38.5 Å². The van der Waals surface area contributed by atoms with Crippen LogP contribution in [0.1, 0.15) is 80.1 Å². The number of carboxylic acids is 1. The second-order valence-corrected chi connectivity index (χ2v) is 14.2. The summed E-state index contributed by atoms with van der Waals surface area (Å²) in [6.45, 7) is 11.1. The Bertz CT molecular complexity index is 1150. The SMILES string of the molecule is CCCOCCOC(=O)NCCCCC(NC(=O)OCCOCCC)C(=O)NCC(=O)NC1C(O)CC(C(=O)O)(C(C(C)C)C(C)C)OC1C(O)C(O)CO. The zero-order chi connectivity index (χ0) is 41.6. The molecule has 1 heterocycles. The number of carboxylic acid groups (broad SMARTS) is 1. The fraction of sp³-hybridized carbons (Fsp3) is 0.861. The maximum absolute atomic E-state index is 13.3. The molecule has 55 heavy (non-hydrogen) atoms. The quantitative estimate of drug-likeness (QED) is 0.0497. The van der Waals surface area contributed by atoms with Gasteiger partial charge in [0.25, 0.3) is 0 Å². The predicted octanol–water partition coefficient (Wildman–Crippen LogP) is 0.0474. The van der Waals surface area contributed by atoms with Crippen molar-refractivity contribution in [3.8, 4) is 0 Å². The number of carbonyl (C=O) groups excluding carboxylic acids is 4. The van der Waals surface area contributed by atoms with Crippen LogP contribution < -0.4 is 21.3 Å². The molecule has 0 spiro atoms. The number of hydrogen-bond acceptors (Lipinski definition) is 14. The van der Waals surface area contributed by atoms with Gasteiger partial charge in [-0.1, -0.05) is 41.5 Å². The van der Waals surface area contributed by atoms with E-state index in [0.717, 1.165) is 12.8 Å². The third-order valence-corrected chi connectivity index (χ3v) is 9.05. The number of hydrogen-bond donors (Lipinski definition) is 9. The van der Waals surface area contributed by atoms with Gasteiger partial charge in [0.15, 0.2) is 5.60 Å². The van der Waals surface area contributed by atoms with Crippen molar-refractivity contribution >= 4 is 30.0 Å². The highest BCUT2D eigenvalue weighted by Gasteiger charge is 2.59. The Morgan fingerprint density at radius 1 is 0.836 bits per heavy atom. The minimum Gasteiger partial charge on any atom is -0.479 e. The van der Waals surface area contributed by atoms with Gasteiger partial charge in [-0.05, 0) is 43.9 Å². The molecule has 1 aliphatic heterocycles. The molecule has 19 heteroatoms. The van der Waals surface area contributed by atoms with E-state index in [1.54, 1.807) is 27.7 Å². The summed E-state index contributed by atoms with van der Waals surface area (Å²) in [6.07, 6.45) is -6.57. The molecule has 0 aromatic carbocycles. The van der Waals surface area contributed by atoms with Crippen molar-refractivity contribution in [2.45, 2.75) is 122 Å². The lowest BCUT2D eigenvalue weighted by Gasteiger charge is -2.51. The van der Waals surface area contributed by atoms with Crippen LogP contribution in [0.5, 0.6) is 0 Å². The van der Waals surface area contributed by atoms with Crippen LogP contribution in [0.4, 0.5) is 9.59 Å². The lowest BCUT2D eigenvalue weighted by atomic mass is 9.68. The maximum Gasteiger partial charge on any atom is 0.407 e. The summed E-state index contributed by atoms with van der Waals surface area (Å²) in [4.78, 5) is 63.6. The lowest BCUT2D eigenvalue weighted by molar-refractivity contribution is -0.250. The highest BCUT2D eigenvalue weighted by molar-refractivity contribution is 5.89. The molecular formula is C36H66N4O15. The second kappa shape index (κ2) is 26.5. The molecule has 0 bridgehead atoms. The molecule has 0 aliphatic carbocycles. The number of carbonyl (C=O) groups is 5. The molecule has 0 radical (unpaired) electrons. The fourth-order valence-corrected chi connectivity index (χ4v) is 6.72. The molecule has 0 aromatic rings. The predicted molar refractivity (Wildman–Crippen MR) is 197 cm³/mol. The molecule has 19 nitrogen and oxygen atoms in total. The van der Waals surface area contributed by atoms with Crippen molar-refractivity contribution in [1.29, 1.82) is 0 Å². The van der Waals surface area contributed by atoms with Crippen molar-refractivity contribution in [2.24, 2.45) is 17.8 Å². The molecule has 0 saturated carbocycles. The molecule has 1 aliphatic rings. The van der Waals surface area contributed by atoms with E-state index >= 15 is 0 Å². The second-order valence-electron chi connectivity index (χ2n) is 14.2.